The lowest BCUT2D eigenvalue weighted by Gasteiger charge is -2.25. The molecule has 1 aromatic heterocycles. The molecule has 3 rings (SSSR count). The van der Waals surface area contributed by atoms with Crippen molar-refractivity contribution in [3.63, 3.8) is 0 Å². The fourth-order valence-corrected chi connectivity index (χ4v) is 3.16. The Hall–Kier alpha value is -1.19. The van der Waals surface area contributed by atoms with Gasteiger partial charge in [0, 0.05) is 17.0 Å². The largest absolute Gasteiger partial charge is 0.312 e. The minimum atomic E-state index is -0.134. The minimum Gasteiger partial charge on any atom is -0.312 e. The lowest BCUT2D eigenvalue weighted by atomic mass is 9.85. The molecule has 1 nitrogen and oxygen atoms in total. The Balaban J connectivity index is 1.66. The number of thiophene rings is 1. The molecule has 0 spiro atoms. The molecule has 1 fully saturated rings. The summed E-state index contributed by atoms with van der Waals surface area (Å²) in [6.45, 7) is 1.92. The van der Waals surface area contributed by atoms with Crippen molar-refractivity contribution in [2.45, 2.75) is 25.8 Å². The van der Waals surface area contributed by atoms with Gasteiger partial charge in [0.15, 0.2) is 0 Å². The Kier molecular flexibility index (Phi) is 3.95. The molecule has 1 heterocycles. The molecule has 0 amide bonds. The summed E-state index contributed by atoms with van der Waals surface area (Å²) in [4.78, 5) is 0.998. The van der Waals surface area contributed by atoms with Gasteiger partial charge < -0.3 is 5.32 Å². The van der Waals surface area contributed by atoms with Gasteiger partial charge in [-0.25, -0.2) is 4.39 Å². The maximum absolute atomic E-state index is 13.8. The topological polar surface area (TPSA) is 12.0 Å². The average Bonchev–Trinajstić information content (AvgIpc) is 2.88. The van der Waals surface area contributed by atoms with Gasteiger partial charge >= 0.3 is 0 Å². The summed E-state index contributed by atoms with van der Waals surface area (Å²) in [7, 11) is 0. The summed E-state index contributed by atoms with van der Waals surface area (Å²) in [6, 6.07) is 9.35. The zero-order valence-corrected chi connectivity index (χ0v) is 11.7. The van der Waals surface area contributed by atoms with Crippen molar-refractivity contribution in [2.75, 3.05) is 6.54 Å². The predicted molar refractivity (Wildman–Crippen MR) is 78.8 cm³/mol. The molecule has 1 aromatic carbocycles. The molecule has 0 saturated heterocycles. The molecule has 2 aromatic rings. The van der Waals surface area contributed by atoms with Crippen LogP contribution in [0.5, 0.6) is 0 Å². The van der Waals surface area contributed by atoms with E-state index >= 15 is 0 Å². The zero-order valence-electron chi connectivity index (χ0n) is 10.9. The summed E-state index contributed by atoms with van der Waals surface area (Å²) in [5, 5.41) is 5.46. The molecular formula is C16H18FNS. The standard InChI is InChI=1S/C16H18FNS/c17-15-7-6-13(11-18-10-12-3-1-4-12)9-14(15)16-5-2-8-19-16/h2,5-9,12,18H,1,3-4,10-11H2. The number of benzene rings is 1. The molecule has 1 aliphatic rings. The molecular weight excluding hydrogens is 257 g/mol. The van der Waals surface area contributed by atoms with Gasteiger partial charge in [0.2, 0.25) is 0 Å². The molecule has 3 heteroatoms. The highest BCUT2D eigenvalue weighted by Gasteiger charge is 2.16. The number of nitrogens with one attached hydrogen (secondary N) is 1. The molecule has 0 atom stereocenters. The van der Waals surface area contributed by atoms with Gasteiger partial charge in [-0.1, -0.05) is 18.6 Å². The highest BCUT2D eigenvalue weighted by molar-refractivity contribution is 7.13. The van der Waals surface area contributed by atoms with Crippen molar-refractivity contribution >= 4 is 11.3 Å². The van der Waals surface area contributed by atoms with Crippen molar-refractivity contribution in [1.29, 1.82) is 0 Å². The van der Waals surface area contributed by atoms with Crippen LogP contribution in [-0.2, 0) is 6.54 Å². The van der Waals surface area contributed by atoms with E-state index in [0.717, 1.165) is 35.0 Å². The van der Waals surface area contributed by atoms with Crippen molar-refractivity contribution in [3.8, 4) is 10.4 Å². The molecule has 19 heavy (non-hydrogen) atoms. The smallest absolute Gasteiger partial charge is 0.131 e. The third-order valence-electron chi connectivity index (χ3n) is 3.80. The Morgan fingerprint density at radius 1 is 1.26 bits per heavy atom. The van der Waals surface area contributed by atoms with Gasteiger partial charge in [-0.3, -0.25) is 0 Å². The van der Waals surface area contributed by atoms with Crippen molar-refractivity contribution in [2.24, 2.45) is 5.92 Å². The highest BCUT2D eigenvalue weighted by Crippen LogP contribution is 2.28. The van der Waals surface area contributed by atoms with Crippen LogP contribution in [0.1, 0.15) is 24.8 Å². The first-order valence-electron chi connectivity index (χ1n) is 6.86. The fraction of sp³-hybridized carbons (Fsp3) is 0.375. The first-order chi connectivity index (χ1) is 9.33. The molecule has 0 aliphatic heterocycles. The predicted octanol–water partition coefficient (Wildman–Crippen LogP) is 4.44. The van der Waals surface area contributed by atoms with Crippen LogP contribution in [0.25, 0.3) is 10.4 Å². The number of hydrogen-bond donors (Lipinski definition) is 1. The maximum atomic E-state index is 13.8. The number of rotatable bonds is 5. The van der Waals surface area contributed by atoms with Crippen LogP contribution in [0.3, 0.4) is 0 Å². The van der Waals surface area contributed by atoms with E-state index in [9.17, 15) is 4.39 Å². The van der Waals surface area contributed by atoms with Gasteiger partial charge in [0.05, 0.1) is 0 Å². The maximum Gasteiger partial charge on any atom is 0.131 e. The first-order valence-corrected chi connectivity index (χ1v) is 7.74. The summed E-state index contributed by atoms with van der Waals surface area (Å²) in [5.41, 5.74) is 1.88. The summed E-state index contributed by atoms with van der Waals surface area (Å²) < 4.78 is 13.8. The van der Waals surface area contributed by atoms with Crippen LogP contribution >= 0.6 is 11.3 Å². The zero-order chi connectivity index (χ0) is 13.1. The molecule has 0 unspecified atom stereocenters. The Morgan fingerprint density at radius 3 is 2.84 bits per heavy atom. The second-order valence-corrected chi connectivity index (χ2v) is 6.17. The van der Waals surface area contributed by atoms with Gasteiger partial charge in [0.25, 0.3) is 0 Å². The van der Waals surface area contributed by atoms with Crippen LogP contribution in [-0.4, -0.2) is 6.54 Å². The lowest BCUT2D eigenvalue weighted by Crippen LogP contribution is -2.26. The van der Waals surface area contributed by atoms with E-state index in [1.165, 1.54) is 19.3 Å². The van der Waals surface area contributed by atoms with E-state index in [-0.39, 0.29) is 5.82 Å². The van der Waals surface area contributed by atoms with Gasteiger partial charge in [-0.15, -0.1) is 11.3 Å². The fourth-order valence-electron chi connectivity index (χ4n) is 2.42. The number of halogens is 1. The SMILES string of the molecule is Fc1ccc(CNCC2CCC2)cc1-c1cccs1. The minimum absolute atomic E-state index is 0.134. The van der Waals surface area contributed by atoms with Crippen molar-refractivity contribution in [3.05, 3.63) is 47.1 Å². The van der Waals surface area contributed by atoms with Gasteiger partial charge in [0.1, 0.15) is 5.82 Å². The van der Waals surface area contributed by atoms with Crippen LogP contribution < -0.4 is 5.32 Å². The van der Waals surface area contributed by atoms with E-state index in [1.807, 2.05) is 29.6 Å². The molecule has 1 saturated carbocycles. The van der Waals surface area contributed by atoms with Gasteiger partial charge in [-0.05, 0) is 54.4 Å². The van der Waals surface area contributed by atoms with E-state index in [2.05, 4.69) is 5.32 Å². The summed E-state index contributed by atoms with van der Waals surface area (Å²) in [5.74, 6) is 0.724. The average molecular weight is 275 g/mol. The molecule has 1 aliphatic carbocycles. The Morgan fingerprint density at radius 2 is 2.16 bits per heavy atom. The normalized spacial score (nSPS) is 15.4. The molecule has 0 bridgehead atoms. The van der Waals surface area contributed by atoms with Crippen molar-refractivity contribution in [1.82, 2.24) is 5.32 Å². The quantitative estimate of drug-likeness (QED) is 0.850. The molecule has 1 N–H and O–H groups in total. The van der Waals surface area contributed by atoms with E-state index in [1.54, 1.807) is 17.4 Å². The monoisotopic (exact) mass is 275 g/mol. The summed E-state index contributed by atoms with van der Waals surface area (Å²) in [6.07, 6.45) is 4.10. The first kappa shape index (κ1) is 12.8. The Bertz CT molecular complexity index is 532. The third-order valence-corrected chi connectivity index (χ3v) is 4.71. The van der Waals surface area contributed by atoms with E-state index in [4.69, 9.17) is 0 Å². The highest BCUT2D eigenvalue weighted by atomic mass is 32.1. The molecule has 100 valence electrons. The van der Waals surface area contributed by atoms with Crippen LogP contribution in [0.2, 0.25) is 0 Å². The van der Waals surface area contributed by atoms with Crippen LogP contribution in [0.4, 0.5) is 4.39 Å². The lowest BCUT2D eigenvalue weighted by molar-refractivity contribution is 0.301. The second-order valence-electron chi connectivity index (χ2n) is 5.22. The van der Waals surface area contributed by atoms with Gasteiger partial charge in [-0.2, -0.15) is 0 Å². The van der Waals surface area contributed by atoms with E-state index in [0.29, 0.717) is 0 Å². The van der Waals surface area contributed by atoms with Crippen LogP contribution in [0, 0.1) is 11.7 Å². The van der Waals surface area contributed by atoms with Crippen LogP contribution in [0.15, 0.2) is 35.7 Å². The second kappa shape index (κ2) is 5.85. The van der Waals surface area contributed by atoms with Crippen molar-refractivity contribution < 1.29 is 4.39 Å². The Labute approximate surface area is 117 Å². The van der Waals surface area contributed by atoms with E-state index < -0.39 is 0 Å². The number of hydrogen-bond acceptors (Lipinski definition) is 2. The molecule has 0 radical (unpaired) electrons. The summed E-state index contributed by atoms with van der Waals surface area (Å²) >= 11 is 1.58. The third kappa shape index (κ3) is 3.04.